The molecule has 0 radical (unpaired) electrons. The highest BCUT2D eigenvalue weighted by atomic mass is 32.3. The summed E-state index contributed by atoms with van der Waals surface area (Å²) in [7, 11) is -0.889. The van der Waals surface area contributed by atoms with Gasteiger partial charge in [-0.2, -0.15) is 0 Å². The van der Waals surface area contributed by atoms with Crippen LogP contribution in [0, 0.1) is 5.92 Å². The van der Waals surface area contributed by atoms with E-state index in [1.807, 2.05) is 0 Å². The summed E-state index contributed by atoms with van der Waals surface area (Å²) >= 11 is 0. The summed E-state index contributed by atoms with van der Waals surface area (Å²) in [6.45, 7) is 12.1. The summed E-state index contributed by atoms with van der Waals surface area (Å²) in [5, 5.41) is 1.36. The van der Waals surface area contributed by atoms with E-state index in [1.165, 1.54) is 32.1 Å². The fourth-order valence-corrected chi connectivity index (χ4v) is 10.7. The summed E-state index contributed by atoms with van der Waals surface area (Å²) in [4.78, 5) is 0. The van der Waals surface area contributed by atoms with E-state index in [2.05, 4.69) is 95.7 Å². The van der Waals surface area contributed by atoms with E-state index in [0.29, 0.717) is 16.4 Å². The van der Waals surface area contributed by atoms with Gasteiger partial charge in [-0.25, -0.2) is 10.0 Å². The van der Waals surface area contributed by atoms with Crippen molar-refractivity contribution in [3.05, 3.63) is 70.8 Å². The van der Waals surface area contributed by atoms with Crippen molar-refractivity contribution < 1.29 is 0 Å². The van der Waals surface area contributed by atoms with Gasteiger partial charge in [-0.1, -0.05) is 96.0 Å². The van der Waals surface area contributed by atoms with E-state index < -0.39 is 10.0 Å². The molecule has 2 aromatic carbocycles. The van der Waals surface area contributed by atoms with Gasteiger partial charge >= 0.3 is 0 Å². The highest BCUT2D eigenvalue weighted by Gasteiger charge is 2.45. The number of rotatable bonds is 9. The van der Waals surface area contributed by atoms with Crippen molar-refractivity contribution in [2.24, 2.45) is 5.92 Å². The first-order valence-corrected chi connectivity index (χ1v) is 14.8. The molecule has 0 N–H and O–H groups in total. The zero-order valence-corrected chi connectivity index (χ0v) is 21.3. The molecule has 1 aliphatic carbocycles. The SMILES string of the molecule is CCC[C@@H](C)c1ccccc1C(CC)S(C)(C)C1c2ccccc2[C@@H](CCC)[C@H]1C. The highest BCUT2D eigenvalue weighted by molar-refractivity contribution is 8.33. The first kappa shape index (κ1) is 23.5. The lowest BCUT2D eigenvalue weighted by Gasteiger charge is -2.48. The molecule has 0 fully saturated rings. The van der Waals surface area contributed by atoms with E-state index in [4.69, 9.17) is 0 Å². The normalized spacial score (nSPS) is 23.8. The van der Waals surface area contributed by atoms with Crippen LogP contribution in [0.2, 0.25) is 0 Å². The molecule has 0 saturated heterocycles. The van der Waals surface area contributed by atoms with Gasteiger partial charge in [-0.05, 0) is 71.8 Å². The third-order valence-corrected chi connectivity index (χ3v) is 11.8. The van der Waals surface area contributed by atoms with E-state index in [1.54, 1.807) is 22.3 Å². The second-order valence-electron chi connectivity index (χ2n) is 10.0. The summed E-state index contributed by atoms with van der Waals surface area (Å²) < 4.78 is 0. The minimum absolute atomic E-state index is 0.650. The fourth-order valence-electron chi connectivity index (χ4n) is 6.49. The van der Waals surface area contributed by atoms with Gasteiger partial charge in [-0.15, -0.1) is 0 Å². The molecule has 166 valence electrons. The average molecular weight is 425 g/mol. The predicted octanol–water partition coefficient (Wildman–Crippen LogP) is 9.38. The Kier molecular flexibility index (Phi) is 7.77. The van der Waals surface area contributed by atoms with Crippen LogP contribution in [0.5, 0.6) is 0 Å². The highest BCUT2D eigenvalue weighted by Crippen LogP contribution is 2.72. The molecule has 5 atom stereocenters. The third-order valence-electron chi connectivity index (χ3n) is 7.77. The van der Waals surface area contributed by atoms with Crippen molar-refractivity contribution in [1.29, 1.82) is 0 Å². The molecule has 0 spiro atoms. The molecule has 1 heteroatoms. The maximum absolute atomic E-state index is 2.65. The lowest BCUT2D eigenvalue weighted by atomic mass is 9.90. The van der Waals surface area contributed by atoms with E-state index in [0.717, 1.165) is 11.8 Å². The molecule has 0 heterocycles. The molecule has 2 unspecified atom stereocenters. The van der Waals surface area contributed by atoms with Crippen molar-refractivity contribution in [3.8, 4) is 0 Å². The van der Waals surface area contributed by atoms with Gasteiger partial charge in [0.15, 0.2) is 0 Å². The molecule has 0 aromatic heterocycles. The molecule has 2 aromatic rings. The van der Waals surface area contributed by atoms with Crippen LogP contribution in [0.3, 0.4) is 0 Å². The molecule has 0 saturated carbocycles. The minimum Gasteiger partial charge on any atom is -0.233 e. The summed E-state index contributed by atoms with van der Waals surface area (Å²) in [6, 6.07) is 18.8. The second kappa shape index (κ2) is 9.94. The Labute approximate surface area is 188 Å². The predicted molar refractivity (Wildman–Crippen MR) is 138 cm³/mol. The van der Waals surface area contributed by atoms with Gasteiger partial charge in [0.25, 0.3) is 0 Å². The lowest BCUT2D eigenvalue weighted by Crippen LogP contribution is -2.21. The molecule has 0 amide bonds. The zero-order valence-electron chi connectivity index (χ0n) is 20.4. The van der Waals surface area contributed by atoms with Crippen molar-refractivity contribution in [2.45, 2.75) is 89.1 Å². The molecular weight excluding hydrogens is 380 g/mol. The van der Waals surface area contributed by atoms with E-state index in [9.17, 15) is 0 Å². The van der Waals surface area contributed by atoms with Crippen molar-refractivity contribution in [1.82, 2.24) is 0 Å². The summed E-state index contributed by atoms with van der Waals surface area (Å²) in [5.41, 5.74) is 6.57. The first-order chi connectivity index (χ1) is 14.4. The van der Waals surface area contributed by atoms with Gasteiger partial charge in [0, 0.05) is 10.5 Å². The molecule has 0 aliphatic heterocycles. The Morgan fingerprint density at radius 1 is 0.833 bits per heavy atom. The van der Waals surface area contributed by atoms with Crippen LogP contribution >= 0.6 is 10.0 Å². The van der Waals surface area contributed by atoms with Crippen LogP contribution < -0.4 is 0 Å². The number of hydrogen-bond donors (Lipinski definition) is 0. The van der Waals surface area contributed by atoms with Crippen molar-refractivity contribution >= 4 is 10.0 Å². The molecule has 0 nitrogen and oxygen atoms in total. The van der Waals surface area contributed by atoms with Crippen LogP contribution in [0.4, 0.5) is 0 Å². The molecule has 3 rings (SSSR count). The quantitative estimate of drug-likeness (QED) is 0.376. The Bertz CT molecular complexity index is 821. The number of benzene rings is 2. The van der Waals surface area contributed by atoms with Crippen LogP contribution in [0.1, 0.15) is 111 Å². The first-order valence-electron chi connectivity index (χ1n) is 12.3. The number of fused-ring (bicyclic) bond motifs is 1. The van der Waals surface area contributed by atoms with Gasteiger partial charge in [0.1, 0.15) is 0 Å². The second-order valence-corrected chi connectivity index (χ2v) is 14.1. The zero-order chi connectivity index (χ0) is 21.9. The van der Waals surface area contributed by atoms with Crippen LogP contribution in [0.25, 0.3) is 0 Å². The van der Waals surface area contributed by atoms with Crippen molar-refractivity contribution in [2.75, 3.05) is 12.5 Å². The van der Waals surface area contributed by atoms with Gasteiger partial charge in [0.05, 0.1) is 0 Å². The number of hydrogen-bond acceptors (Lipinski definition) is 0. The topological polar surface area (TPSA) is 0 Å². The van der Waals surface area contributed by atoms with Crippen LogP contribution in [-0.4, -0.2) is 12.5 Å². The molecule has 0 bridgehead atoms. The maximum atomic E-state index is 2.65. The van der Waals surface area contributed by atoms with Gasteiger partial charge in [-0.3, -0.25) is 0 Å². The average Bonchev–Trinajstić information content (AvgIpc) is 3.01. The summed E-state index contributed by atoms with van der Waals surface area (Å²) in [5.74, 6) is 2.12. The Hall–Kier alpha value is -1.21. The molecule has 30 heavy (non-hydrogen) atoms. The van der Waals surface area contributed by atoms with Gasteiger partial charge in [0.2, 0.25) is 0 Å². The third kappa shape index (κ3) is 4.24. The van der Waals surface area contributed by atoms with Crippen molar-refractivity contribution in [3.63, 3.8) is 0 Å². The Morgan fingerprint density at radius 3 is 2.03 bits per heavy atom. The largest absolute Gasteiger partial charge is 0.233 e. The van der Waals surface area contributed by atoms with E-state index in [-0.39, 0.29) is 0 Å². The molecular formula is C29H44S. The lowest BCUT2D eigenvalue weighted by molar-refractivity contribution is 0.456. The van der Waals surface area contributed by atoms with Crippen LogP contribution in [0.15, 0.2) is 48.5 Å². The minimum atomic E-state index is -0.889. The summed E-state index contributed by atoms with van der Waals surface area (Å²) in [6.07, 6.45) is 11.7. The Balaban J connectivity index is 2.06. The monoisotopic (exact) mass is 424 g/mol. The van der Waals surface area contributed by atoms with Gasteiger partial charge < -0.3 is 0 Å². The van der Waals surface area contributed by atoms with E-state index >= 15 is 0 Å². The van der Waals surface area contributed by atoms with Crippen LogP contribution in [-0.2, 0) is 0 Å². The fraction of sp³-hybridized carbons (Fsp3) is 0.586. The standard InChI is InChI=1S/C29H44S/c1-8-15-21(4)23-17-11-13-19-26(23)28(10-3)30(6,7)29-22(5)24(16-9-2)25-18-12-14-20-27(25)29/h11-14,17-22,24,28-29H,8-10,15-16H2,1-7H3/t21-,22-,24+,28?,29?/m1/s1. The maximum Gasteiger partial charge on any atom is 0.0175 e. The Morgan fingerprint density at radius 2 is 1.43 bits per heavy atom. The molecule has 1 aliphatic rings. The smallest absolute Gasteiger partial charge is 0.0175 e.